The second-order valence-electron chi connectivity index (χ2n) is 4.94. The van der Waals surface area contributed by atoms with E-state index in [-0.39, 0.29) is 0 Å². The second kappa shape index (κ2) is 7.54. The van der Waals surface area contributed by atoms with Gasteiger partial charge < -0.3 is 10.1 Å². The number of aromatic nitrogens is 4. The topological polar surface area (TPSA) is 64.9 Å². The van der Waals surface area contributed by atoms with Gasteiger partial charge in [0.05, 0.1) is 25.0 Å². The molecule has 8 heteroatoms. The maximum absolute atomic E-state index is 5.89. The van der Waals surface area contributed by atoms with Crippen molar-refractivity contribution in [3.63, 3.8) is 0 Å². The molecule has 0 fully saturated rings. The van der Waals surface area contributed by atoms with Crippen molar-refractivity contribution < 1.29 is 4.74 Å². The molecule has 2 heterocycles. The molecule has 0 radical (unpaired) electrons. The van der Waals surface area contributed by atoms with Gasteiger partial charge >= 0.3 is 0 Å². The molecule has 0 bridgehead atoms. The van der Waals surface area contributed by atoms with E-state index in [0.717, 1.165) is 27.2 Å². The summed E-state index contributed by atoms with van der Waals surface area (Å²) in [6.07, 6.45) is 4.42. The van der Waals surface area contributed by atoms with Gasteiger partial charge in [0.15, 0.2) is 0 Å². The van der Waals surface area contributed by atoms with Crippen molar-refractivity contribution in [3.05, 3.63) is 53.1 Å². The maximum Gasteiger partial charge on any atom is 0.207 e. The van der Waals surface area contributed by atoms with Crippen LogP contribution >= 0.6 is 23.1 Å². The van der Waals surface area contributed by atoms with Crippen LogP contribution in [0.3, 0.4) is 0 Å². The Morgan fingerprint density at radius 3 is 2.91 bits per heavy atom. The predicted octanol–water partition coefficient (Wildman–Crippen LogP) is 3.37. The molecule has 120 valence electrons. The molecule has 0 saturated carbocycles. The summed E-state index contributed by atoms with van der Waals surface area (Å²) in [6, 6.07) is 7.73. The minimum Gasteiger partial charge on any atom is -0.384 e. The van der Waals surface area contributed by atoms with Crippen LogP contribution in [0.25, 0.3) is 0 Å². The average molecular weight is 350 g/mol. The SMILES string of the molecule is COCCc1nsc(Nc2cnn(Cc3ccc(Cl)cc3)c2)n1. The molecular formula is C15H16ClN5OS. The summed E-state index contributed by atoms with van der Waals surface area (Å²) in [5, 5.41) is 9.05. The van der Waals surface area contributed by atoms with Crippen LogP contribution in [-0.4, -0.2) is 32.9 Å². The number of rotatable bonds is 7. The van der Waals surface area contributed by atoms with Crippen LogP contribution in [0.1, 0.15) is 11.4 Å². The van der Waals surface area contributed by atoms with Crippen LogP contribution in [0.2, 0.25) is 5.02 Å². The summed E-state index contributed by atoms with van der Waals surface area (Å²) in [5.41, 5.74) is 2.02. The van der Waals surface area contributed by atoms with Crippen molar-refractivity contribution >= 4 is 34.0 Å². The van der Waals surface area contributed by atoms with E-state index in [1.165, 1.54) is 11.5 Å². The predicted molar refractivity (Wildman–Crippen MR) is 91.6 cm³/mol. The fourth-order valence-electron chi connectivity index (χ4n) is 2.01. The van der Waals surface area contributed by atoms with Gasteiger partial charge in [-0.3, -0.25) is 4.68 Å². The average Bonchev–Trinajstić information content (AvgIpc) is 3.18. The lowest BCUT2D eigenvalue weighted by Crippen LogP contribution is -1.99. The molecule has 3 rings (SSSR count). The van der Waals surface area contributed by atoms with E-state index in [2.05, 4.69) is 19.8 Å². The number of nitrogens with one attached hydrogen (secondary N) is 1. The van der Waals surface area contributed by atoms with Gasteiger partial charge in [0.25, 0.3) is 0 Å². The van der Waals surface area contributed by atoms with Gasteiger partial charge in [0.2, 0.25) is 5.13 Å². The summed E-state index contributed by atoms with van der Waals surface area (Å²) in [5.74, 6) is 0.785. The number of hydrogen-bond acceptors (Lipinski definition) is 6. The Morgan fingerprint density at radius 2 is 2.13 bits per heavy atom. The number of benzene rings is 1. The number of anilines is 2. The first kappa shape index (κ1) is 15.9. The van der Waals surface area contributed by atoms with E-state index in [1.54, 1.807) is 13.3 Å². The minimum atomic E-state index is 0.620. The lowest BCUT2D eigenvalue weighted by atomic mass is 10.2. The van der Waals surface area contributed by atoms with Crippen LogP contribution in [0.5, 0.6) is 0 Å². The summed E-state index contributed by atoms with van der Waals surface area (Å²) >= 11 is 7.22. The highest BCUT2D eigenvalue weighted by Gasteiger charge is 2.06. The molecule has 1 N–H and O–H groups in total. The number of nitrogens with zero attached hydrogens (tertiary/aromatic N) is 4. The quantitative estimate of drug-likeness (QED) is 0.708. The van der Waals surface area contributed by atoms with E-state index in [1.807, 2.05) is 35.1 Å². The highest BCUT2D eigenvalue weighted by molar-refractivity contribution is 7.09. The summed E-state index contributed by atoms with van der Waals surface area (Å²) in [6.45, 7) is 1.31. The maximum atomic E-state index is 5.89. The first-order valence-corrected chi connectivity index (χ1v) is 8.23. The number of ether oxygens (including phenoxy) is 1. The summed E-state index contributed by atoms with van der Waals surface area (Å²) in [7, 11) is 1.67. The number of hydrogen-bond donors (Lipinski definition) is 1. The Bertz CT molecular complexity index is 755. The molecule has 0 aliphatic heterocycles. The van der Waals surface area contributed by atoms with Gasteiger partial charge in [-0.05, 0) is 17.7 Å². The van der Waals surface area contributed by atoms with Crippen molar-refractivity contribution in [2.75, 3.05) is 19.0 Å². The van der Waals surface area contributed by atoms with Gasteiger partial charge in [0, 0.05) is 36.3 Å². The molecular weight excluding hydrogens is 334 g/mol. The molecule has 0 atom stereocenters. The summed E-state index contributed by atoms with van der Waals surface area (Å²) in [4.78, 5) is 4.41. The Morgan fingerprint density at radius 1 is 1.30 bits per heavy atom. The molecule has 1 aromatic carbocycles. The van der Waals surface area contributed by atoms with E-state index in [9.17, 15) is 0 Å². The Labute approximate surface area is 143 Å². The lowest BCUT2D eigenvalue weighted by Gasteiger charge is -2.01. The normalized spacial score (nSPS) is 10.9. The van der Waals surface area contributed by atoms with E-state index >= 15 is 0 Å². The van der Waals surface area contributed by atoms with Crippen molar-refractivity contribution in [2.45, 2.75) is 13.0 Å². The molecule has 3 aromatic rings. The molecule has 2 aromatic heterocycles. The third kappa shape index (κ3) is 4.51. The Kier molecular flexibility index (Phi) is 5.22. The molecule has 0 aliphatic carbocycles. The van der Waals surface area contributed by atoms with Crippen molar-refractivity contribution in [2.24, 2.45) is 0 Å². The third-order valence-corrected chi connectivity index (χ3v) is 4.06. The van der Waals surface area contributed by atoms with Gasteiger partial charge in [0.1, 0.15) is 5.82 Å². The smallest absolute Gasteiger partial charge is 0.207 e. The first-order chi connectivity index (χ1) is 11.2. The van der Waals surface area contributed by atoms with Crippen molar-refractivity contribution in [1.82, 2.24) is 19.1 Å². The zero-order chi connectivity index (χ0) is 16.1. The standard InChI is InChI=1S/C15H16ClN5OS/c1-22-7-6-14-19-15(23-20-14)18-13-8-17-21(10-13)9-11-2-4-12(16)5-3-11/h2-5,8,10H,6-7,9H2,1H3,(H,18,19,20). The van der Waals surface area contributed by atoms with Crippen LogP contribution in [0.15, 0.2) is 36.7 Å². The zero-order valence-corrected chi connectivity index (χ0v) is 14.1. The number of methoxy groups -OCH3 is 1. The number of halogens is 1. The first-order valence-electron chi connectivity index (χ1n) is 7.08. The fourth-order valence-corrected chi connectivity index (χ4v) is 2.77. The van der Waals surface area contributed by atoms with Gasteiger partial charge in [-0.15, -0.1) is 0 Å². The Balaban J connectivity index is 1.60. The molecule has 0 aliphatic rings. The minimum absolute atomic E-state index is 0.620. The van der Waals surface area contributed by atoms with Crippen LogP contribution in [0, 0.1) is 0 Å². The highest BCUT2D eigenvalue weighted by atomic mass is 35.5. The summed E-state index contributed by atoms with van der Waals surface area (Å²) < 4.78 is 11.2. The molecule has 0 saturated heterocycles. The van der Waals surface area contributed by atoms with Gasteiger partial charge in [-0.1, -0.05) is 23.7 Å². The largest absolute Gasteiger partial charge is 0.384 e. The lowest BCUT2D eigenvalue weighted by molar-refractivity contribution is 0.201. The molecule has 0 amide bonds. The zero-order valence-electron chi connectivity index (χ0n) is 12.6. The fraction of sp³-hybridized carbons (Fsp3) is 0.267. The molecule has 0 unspecified atom stereocenters. The van der Waals surface area contributed by atoms with E-state index in [4.69, 9.17) is 16.3 Å². The Hall–Kier alpha value is -1.96. The van der Waals surface area contributed by atoms with Crippen LogP contribution in [0.4, 0.5) is 10.8 Å². The van der Waals surface area contributed by atoms with E-state index < -0.39 is 0 Å². The molecule has 6 nitrogen and oxygen atoms in total. The van der Waals surface area contributed by atoms with E-state index in [0.29, 0.717) is 19.6 Å². The molecule has 0 spiro atoms. The second-order valence-corrected chi connectivity index (χ2v) is 6.12. The molecule has 23 heavy (non-hydrogen) atoms. The van der Waals surface area contributed by atoms with Crippen molar-refractivity contribution in [1.29, 1.82) is 0 Å². The van der Waals surface area contributed by atoms with Crippen molar-refractivity contribution in [3.8, 4) is 0 Å². The van der Waals surface area contributed by atoms with Crippen LogP contribution in [-0.2, 0) is 17.7 Å². The van der Waals surface area contributed by atoms with Gasteiger partial charge in [-0.2, -0.15) is 9.47 Å². The monoisotopic (exact) mass is 349 g/mol. The third-order valence-electron chi connectivity index (χ3n) is 3.14. The highest BCUT2D eigenvalue weighted by Crippen LogP contribution is 2.18. The van der Waals surface area contributed by atoms with Crippen LogP contribution < -0.4 is 5.32 Å². The van der Waals surface area contributed by atoms with Gasteiger partial charge in [-0.25, -0.2) is 4.98 Å².